The molecule has 0 saturated carbocycles. The third-order valence-electron chi connectivity index (χ3n) is 8.43. The molecule has 6 aromatic carbocycles. The van der Waals surface area contributed by atoms with Crippen molar-refractivity contribution in [3.63, 3.8) is 0 Å². The second kappa shape index (κ2) is 10.0. The van der Waals surface area contributed by atoms with Crippen LogP contribution in [0, 0.1) is 0 Å². The summed E-state index contributed by atoms with van der Waals surface area (Å²) in [4.78, 5) is 10.2. The van der Waals surface area contributed by atoms with Crippen LogP contribution in [0.25, 0.3) is 81.6 Å². The number of fused-ring (bicyclic) bond motifs is 6. The number of nitrogens with zero attached hydrogens (tertiary/aromatic N) is 3. The quantitative estimate of drug-likeness (QED) is 0.208. The highest BCUT2D eigenvalue weighted by molar-refractivity contribution is 7.26. The van der Waals surface area contributed by atoms with Crippen LogP contribution in [0.4, 0.5) is 0 Å². The number of hydrogen-bond donors (Lipinski definition) is 0. The maximum absolute atomic E-state index is 5.18. The molecule has 0 bridgehead atoms. The smallest absolute Gasteiger partial charge is 0.160 e. The Hall–Kier alpha value is -5.58. The molecule has 0 aliphatic carbocycles. The Morgan fingerprint density at radius 1 is 0.477 bits per heavy atom. The molecule has 3 heterocycles. The molecule has 0 amide bonds. The minimum Gasteiger partial charge on any atom is -0.308 e. The average Bonchev–Trinajstić information content (AvgIpc) is 3.65. The highest BCUT2D eigenvalue weighted by Crippen LogP contribution is 2.44. The Bertz CT molecular complexity index is 2380. The van der Waals surface area contributed by atoms with E-state index in [2.05, 4.69) is 132 Å². The minimum atomic E-state index is 0.726. The minimum absolute atomic E-state index is 0.726. The summed E-state index contributed by atoms with van der Waals surface area (Å²) in [5.74, 6) is 0.726. The van der Waals surface area contributed by atoms with Crippen LogP contribution in [0.5, 0.6) is 0 Å². The van der Waals surface area contributed by atoms with Crippen molar-refractivity contribution in [3.8, 4) is 39.6 Å². The lowest BCUT2D eigenvalue weighted by molar-refractivity contribution is 1.19. The van der Waals surface area contributed by atoms with Gasteiger partial charge in [0.1, 0.15) is 0 Å². The van der Waals surface area contributed by atoms with E-state index in [1.165, 1.54) is 47.7 Å². The van der Waals surface area contributed by atoms with Crippen molar-refractivity contribution in [2.24, 2.45) is 0 Å². The standard InChI is InChI=1S/C40H25N3S/c1-3-13-26(14-4-1)32-25-33(42-40(41-32)27-15-5-2-6-16-27)30-19-12-24-37-38(30)31-20-11-23-36(39(31)44-37)43-34-21-9-7-17-28(34)29-18-8-10-22-35(29)43/h1-25H. The van der Waals surface area contributed by atoms with E-state index in [1.54, 1.807) is 0 Å². The number of rotatable bonds is 4. The van der Waals surface area contributed by atoms with E-state index >= 15 is 0 Å². The summed E-state index contributed by atoms with van der Waals surface area (Å²) >= 11 is 1.85. The van der Waals surface area contributed by atoms with E-state index < -0.39 is 0 Å². The lowest BCUT2D eigenvalue weighted by Crippen LogP contribution is -1.96. The second-order valence-corrected chi connectivity index (χ2v) is 12.1. The Labute approximate surface area is 258 Å². The van der Waals surface area contributed by atoms with Gasteiger partial charge in [0.2, 0.25) is 0 Å². The molecular formula is C40H25N3S. The van der Waals surface area contributed by atoms with Gasteiger partial charge in [-0.15, -0.1) is 11.3 Å². The summed E-state index contributed by atoms with van der Waals surface area (Å²) in [5, 5.41) is 5.00. The normalized spacial score (nSPS) is 11.6. The molecule has 0 spiro atoms. The monoisotopic (exact) mass is 579 g/mol. The van der Waals surface area contributed by atoms with Crippen molar-refractivity contribution >= 4 is 53.3 Å². The maximum atomic E-state index is 5.18. The van der Waals surface area contributed by atoms with Gasteiger partial charge in [0, 0.05) is 42.9 Å². The molecule has 0 unspecified atom stereocenters. The third kappa shape index (κ3) is 3.89. The summed E-state index contributed by atoms with van der Waals surface area (Å²) in [5.41, 5.74) is 8.66. The fourth-order valence-electron chi connectivity index (χ4n) is 6.46. The van der Waals surface area contributed by atoms with E-state index in [9.17, 15) is 0 Å². The molecule has 3 aromatic heterocycles. The lowest BCUT2D eigenvalue weighted by Gasteiger charge is -2.11. The summed E-state index contributed by atoms with van der Waals surface area (Å²) < 4.78 is 4.93. The molecule has 0 saturated heterocycles. The predicted molar refractivity (Wildman–Crippen MR) is 186 cm³/mol. The largest absolute Gasteiger partial charge is 0.308 e. The molecule has 9 aromatic rings. The Morgan fingerprint density at radius 2 is 1.07 bits per heavy atom. The lowest BCUT2D eigenvalue weighted by atomic mass is 10.0. The zero-order valence-corrected chi connectivity index (χ0v) is 24.5. The third-order valence-corrected chi connectivity index (χ3v) is 9.62. The van der Waals surface area contributed by atoms with Gasteiger partial charge < -0.3 is 4.57 Å². The first-order valence-corrected chi connectivity index (χ1v) is 15.6. The van der Waals surface area contributed by atoms with Gasteiger partial charge in [0.05, 0.1) is 32.8 Å². The van der Waals surface area contributed by atoms with Crippen LogP contribution in [-0.2, 0) is 0 Å². The van der Waals surface area contributed by atoms with Crippen LogP contribution >= 0.6 is 11.3 Å². The molecule has 0 fully saturated rings. The molecule has 9 rings (SSSR count). The van der Waals surface area contributed by atoms with Crippen molar-refractivity contribution in [1.29, 1.82) is 0 Å². The Kier molecular flexibility index (Phi) is 5.68. The van der Waals surface area contributed by atoms with Crippen LogP contribution in [-0.4, -0.2) is 14.5 Å². The molecule has 0 N–H and O–H groups in total. The van der Waals surface area contributed by atoms with Gasteiger partial charge in [-0.25, -0.2) is 9.97 Å². The molecule has 3 nitrogen and oxygen atoms in total. The number of para-hydroxylation sites is 2. The highest BCUT2D eigenvalue weighted by Gasteiger charge is 2.19. The number of benzene rings is 6. The molecule has 0 aliphatic heterocycles. The van der Waals surface area contributed by atoms with E-state index in [4.69, 9.17) is 9.97 Å². The topological polar surface area (TPSA) is 30.7 Å². The van der Waals surface area contributed by atoms with Crippen molar-refractivity contribution in [3.05, 3.63) is 152 Å². The summed E-state index contributed by atoms with van der Waals surface area (Å²) in [7, 11) is 0. The first kappa shape index (κ1) is 25.0. The van der Waals surface area contributed by atoms with Gasteiger partial charge in [0.15, 0.2) is 5.82 Å². The van der Waals surface area contributed by atoms with Gasteiger partial charge in [-0.1, -0.05) is 121 Å². The number of thiophene rings is 1. The molecular weight excluding hydrogens is 555 g/mol. The molecule has 0 atom stereocenters. The highest BCUT2D eigenvalue weighted by atomic mass is 32.1. The molecule has 206 valence electrons. The average molecular weight is 580 g/mol. The van der Waals surface area contributed by atoms with E-state index in [0.29, 0.717) is 0 Å². The van der Waals surface area contributed by atoms with Gasteiger partial charge in [-0.05, 0) is 30.3 Å². The fourth-order valence-corrected chi connectivity index (χ4v) is 7.70. The van der Waals surface area contributed by atoms with Crippen LogP contribution < -0.4 is 0 Å². The summed E-state index contributed by atoms with van der Waals surface area (Å²) in [6, 6.07) is 53.5. The molecule has 0 radical (unpaired) electrons. The Balaban J connectivity index is 1.32. The Morgan fingerprint density at radius 3 is 1.80 bits per heavy atom. The van der Waals surface area contributed by atoms with E-state index in [1.807, 2.05) is 35.6 Å². The summed E-state index contributed by atoms with van der Waals surface area (Å²) in [6.07, 6.45) is 0. The van der Waals surface area contributed by atoms with Crippen LogP contribution in [0.1, 0.15) is 0 Å². The molecule has 4 heteroatoms. The number of hydrogen-bond acceptors (Lipinski definition) is 3. The van der Waals surface area contributed by atoms with Crippen molar-refractivity contribution in [2.45, 2.75) is 0 Å². The van der Waals surface area contributed by atoms with Crippen molar-refractivity contribution < 1.29 is 0 Å². The zero-order chi connectivity index (χ0) is 29.0. The van der Waals surface area contributed by atoms with Crippen molar-refractivity contribution in [1.82, 2.24) is 14.5 Å². The van der Waals surface area contributed by atoms with Gasteiger partial charge in [-0.2, -0.15) is 0 Å². The maximum Gasteiger partial charge on any atom is 0.160 e. The van der Waals surface area contributed by atoms with Crippen LogP contribution in [0.15, 0.2) is 152 Å². The fraction of sp³-hybridized carbons (Fsp3) is 0. The number of aromatic nitrogens is 3. The second-order valence-electron chi connectivity index (χ2n) is 11.0. The van der Waals surface area contributed by atoms with Gasteiger partial charge in [0.25, 0.3) is 0 Å². The van der Waals surface area contributed by atoms with Gasteiger partial charge in [-0.3, -0.25) is 0 Å². The SMILES string of the molecule is c1ccc(-c2cc(-c3cccc4sc5c(-n6c7ccccc7c7ccccc76)cccc5c34)nc(-c3ccccc3)n2)cc1. The molecule has 44 heavy (non-hydrogen) atoms. The van der Waals surface area contributed by atoms with Crippen molar-refractivity contribution in [2.75, 3.05) is 0 Å². The van der Waals surface area contributed by atoms with Crippen LogP contribution in [0.3, 0.4) is 0 Å². The van der Waals surface area contributed by atoms with E-state index in [-0.39, 0.29) is 0 Å². The zero-order valence-electron chi connectivity index (χ0n) is 23.7. The van der Waals surface area contributed by atoms with Crippen LogP contribution in [0.2, 0.25) is 0 Å². The predicted octanol–water partition coefficient (Wildman–Crippen LogP) is 10.9. The molecule has 0 aliphatic rings. The van der Waals surface area contributed by atoms with Gasteiger partial charge >= 0.3 is 0 Å². The summed E-state index contributed by atoms with van der Waals surface area (Å²) in [6.45, 7) is 0. The first-order valence-electron chi connectivity index (χ1n) is 14.8. The van der Waals surface area contributed by atoms with E-state index in [0.717, 1.165) is 33.9 Å². The first-order chi connectivity index (χ1) is 21.8.